The van der Waals surface area contributed by atoms with Crippen LogP contribution in [0.1, 0.15) is 38.5 Å². The van der Waals surface area contributed by atoms with Crippen LogP contribution >= 0.6 is 0 Å². The van der Waals surface area contributed by atoms with Gasteiger partial charge in [-0.05, 0) is 31.2 Å². The fourth-order valence-corrected chi connectivity index (χ4v) is 3.07. The van der Waals surface area contributed by atoms with Gasteiger partial charge in [-0.25, -0.2) is 24.2 Å². The average Bonchev–Trinajstić information content (AvgIpc) is 2.71. The van der Waals surface area contributed by atoms with E-state index in [1.807, 2.05) is 0 Å². The second-order valence-electron chi connectivity index (χ2n) is 6.86. The molecule has 4 N–H and O–H groups in total. The maximum absolute atomic E-state index is 12.8. The van der Waals surface area contributed by atoms with Crippen LogP contribution in [0.25, 0.3) is 10.4 Å². The van der Waals surface area contributed by atoms with E-state index in [4.69, 9.17) is 10.6 Å². The highest BCUT2D eigenvalue weighted by molar-refractivity contribution is 6.16. The number of nitrogens with zero attached hydrogens (tertiary/aromatic N) is 5. The van der Waals surface area contributed by atoms with Gasteiger partial charge in [0.1, 0.15) is 25.0 Å². The Morgan fingerprint density at radius 3 is 2.00 bits per heavy atom. The smallest absolute Gasteiger partial charge is 0.335 e. The lowest BCUT2D eigenvalue weighted by molar-refractivity contribution is -0.158. The van der Waals surface area contributed by atoms with Crippen LogP contribution in [0.5, 0.6) is 0 Å². The molecule has 0 spiro atoms. The molecule has 180 valence electrons. The van der Waals surface area contributed by atoms with Crippen LogP contribution in [-0.4, -0.2) is 92.0 Å². The Balaban J connectivity index is 2.91. The van der Waals surface area contributed by atoms with Crippen molar-refractivity contribution in [3.63, 3.8) is 0 Å². The standard InChI is InChI=1S/C17H22N6O10/c18-21-20-8-11(24)19-6-2-1-3-9(15(29)30)22-12(25)7-13(26)23(17(22)33)10(16(31)32)4-5-14(27)28/h9-10H,1-8H2,(H,19,24)(H,27,28)(H,29,30)(H,31,32)/t9?,10-/m0/s1. The molecule has 0 bridgehead atoms. The van der Waals surface area contributed by atoms with E-state index < -0.39 is 79.6 Å². The van der Waals surface area contributed by atoms with Gasteiger partial charge >= 0.3 is 23.9 Å². The second kappa shape index (κ2) is 12.6. The Morgan fingerprint density at radius 1 is 0.970 bits per heavy atom. The van der Waals surface area contributed by atoms with Crippen molar-refractivity contribution in [2.75, 3.05) is 13.1 Å². The summed E-state index contributed by atoms with van der Waals surface area (Å²) in [6.07, 6.45) is -2.17. The number of urea groups is 1. The van der Waals surface area contributed by atoms with Crippen LogP contribution < -0.4 is 5.32 Å². The van der Waals surface area contributed by atoms with E-state index in [-0.39, 0.29) is 30.7 Å². The van der Waals surface area contributed by atoms with Gasteiger partial charge in [0.25, 0.3) is 0 Å². The Kier molecular flexibility index (Phi) is 10.3. The highest BCUT2D eigenvalue weighted by Gasteiger charge is 2.48. The summed E-state index contributed by atoms with van der Waals surface area (Å²) in [7, 11) is 0. The van der Waals surface area contributed by atoms with Crippen molar-refractivity contribution >= 4 is 41.7 Å². The largest absolute Gasteiger partial charge is 0.481 e. The van der Waals surface area contributed by atoms with Crippen LogP contribution in [0.4, 0.5) is 4.79 Å². The maximum Gasteiger partial charge on any atom is 0.335 e. The summed E-state index contributed by atoms with van der Waals surface area (Å²) >= 11 is 0. The van der Waals surface area contributed by atoms with E-state index in [1.165, 1.54) is 0 Å². The number of nitrogens with one attached hydrogen (secondary N) is 1. The molecule has 1 aliphatic rings. The molecule has 1 rings (SSSR count). The molecule has 1 fully saturated rings. The van der Waals surface area contributed by atoms with E-state index in [0.717, 1.165) is 0 Å². The first-order valence-electron chi connectivity index (χ1n) is 9.64. The molecule has 1 unspecified atom stereocenters. The van der Waals surface area contributed by atoms with Gasteiger partial charge in [-0.1, -0.05) is 5.11 Å². The minimum absolute atomic E-state index is 0.0922. The van der Waals surface area contributed by atoms with Crippen LogP contribution in [-0.2, 0) is 28.8 Å². The van der Waals surface area contributed by atoms with Crippen LogP contribution in [0.3, 0.4) is 0 Å². The lowest BCUT2D eigenvalue weighted by Crippen LogP contribution is -2.63. The molecule has 1 heterocycles. The zero-order chi connectivity index (χ0) is 25.1. The lowest BCUT2D eigenvalue weighted by Gasteiger charge is -2.38. The summed E-state index contributed by atoms with van der Waals surface area (Å²) in [5.74, 6) is -7.49. The maximum atomic E-state index is 12.8. The first-order chi connectivity index (χ1) is 15.5. The van der Waals surface area contributed by atoms with E-state index in [2.05, 4.69) is 15.3 Å². The van der Waals surface area contributed by atoms with E-state index in [9.17, 15) is 43.8 Å². The number of carbonyl (C=O) groups excluding carboxylic acids is 4. The number of rotatable bonds is 14. The van der Waals surface area contributed by atoms with Crippen molar-refractivity contribution in [1.82, 2.24) is 15.1 Å². The fourth-order valence-electron chi connectivity index (χ4n) is 3.07. The van der Waals surface area contributed by atoms with Crippen molar-refractivity contribution in [3.05, 3.63) is 10.4 Å². The number of carboxylic acid groups (broad SMARTS) is 3. The number of barbiturate groups is 1. The van der Waals surface area contributed by atoms with E-state index in [0.29, 0.717) is 4.90 Å². The average molecular weight is 470 g/mol. The molecule has 0 aromatic heterocycles. The monoisotopic (exact) mass is 470 g/mol. The van der Waals surface area contributed by atoms with E-state index >= 15 is 0 Å². The summed E-state index contributed by atoms with van der Waals surface area (Å²) in [4.78, 5) is 85.6. The molecule has 1 saturated heterocycles. The van der Waals surface area contributed by atoms with Crippen LogP contribution in [0, 0.1) is 0 Å². The van der Waals surface area contributed by atoms with Gasteiger partial charge < -0.3 is 20.6 Å². The molecule has 16 nitrogen and oxygen atoms in total. The van der Waals surface area contributed by atoms with Gasteiger partial charge in [0, 0.05) is 17.9 Å². The number of unbranched alkanes of at least 4 members (excludes halogenated alkanes) is 1. The van der Waals surface area contributed by atoms with E-state index in [1.54, 1.807) is 0 Å². The number of aliphatic carboxylic acids is 3. The first kappa shape index (κ1) is 26.8. The quantitative estimate of drug-likeness (QED) is 0.0835. The summed E-state index contributed by atoms with van der Waals surface area (Å²) in [5.41, 5.74) is 8.14. The molecular weight excluding hydrogens is 448 g/mol. The number of hydrogen-bond donors (Lipinski definition) is 4. The number of imide groups is 2. The number of hydrogen-bond acceptors (Lipinski definition) is 8. The number of amides is 5. The van der Waals surface area contributed by atoms with Crippen LogP contribution in [0.2, 0.25) is 0 Å². The first-order valence-corrected chi connectivity index (χ1v) is 9.64. The zero-order valence-corrected chi connectivity index (χ0v) is 17.2. The molecule has 0 radical (unpaired) electrons. The lowest BCUT2D eigenvalue weighted by atomic mass is 10.0. The normalized spacial score (nSPS) is 15.5. The Morgan fingerprint density at radius 2 is 1.52 bits per heavy atom. The molecule has 5 amide bonds. The fraction of sp³-hybridized carbons (Fsp3) is 0.588. The van der Waals surface area contributed by atoms with Gasteiger partial charge in [0.2, 0.25) is 17.7 Å². The van der Waals surface area contributed by atoms with Gasteiger partial charge in [-0.2, -0.15) is 0 Å². The third-order valence-electron chi connectivity index (χ3n) is 4.58. The third-order valence-corrected chi connectivity index (χ3v) is 4.58. The van der Waals surface area contributed by atoms with Crippen molar-refractivity contribution in [1.29, 1.82) is 0 Å². The Bertz CT molecular complexity index is 884. The summed E-state index contributed by atoms with van der Waals surface area (Å²) < 4.78 is 0. The third kappa shape index (κ3) is 7.77. The number of azide groups is 1. The van der Waals surface area contributed by atoms with Gasteiger partial charge in [-0.15, -0.1) is 0 Å². The molecule has 0 saturated carbocycles. The summed E-state index contributed by atoms with van der Waals surface area (Å²) in [6.45, 7) is -0.323. The molecular formula is C17H22N6O10. The molecule has 16 heteroatoms. The van der Waals surface area contributed by atoms with Crippen molar-refractivity contribution < 1.29 is 48.9 Å². The molecule has 0 aromatic rings. The molecule has 2 atom stereocenters. The molecule has 33 heavy (non-hydrogen) atoms. The van der Waals surface area contributed by atoms with Crippen molar-refractivity contribution in [2.45, 2.75) is 50.6 Å². The predicted molar refractivity (Wildman–Crippen MR) is 104 cm³/mol. The topological polar surface area (TPSA) is 247 Å². The molecule has 1 aliphatic heterocycles. The highest BCUT2D eigenvalue weighted by atomic mass is 16.4. The van der Waals surface area contributed by atoms with Gasteiger partial charge in [-0.3, -0.25) is 19.2 Å². The van der Waals surface area contributed by atoms with Crippen LogP contribution in [0.15, 0.2) is 5.11 Å². The second-order valence-corrected chi connectivity index (χ2v) is 6.86. The Hall–Kier alpha value is -4.20. The van der Waals surface area contributed by atoms with Gasteiger partial charge in [0.05, 0.1) is 0 Å². The predicted octanol–water partition coefficient (Wildman–Crippen LogP) is -0.465. The number of carbonyl (C=O) groups is 7. The van der Waals surface area contributed by atoms with Crippen molar-refractivity contribution in [2.24, 2.45) is 5.11 Å². The van der Waals surface area contributed by atoms with Crippen molar-refractivity contribution in [3.8, 4) is 0 Å². The molecule has 0 aromatic carbocycles. The Labute approximate surface area is 185 Å². The molecule has 0 aliphatic carbocycles. The minimum atomic E-state index is -1.89. The highest BCUT2D eigenvalue weighted by Crippen LogP contribution is 2.23. The number of carboxylic acids is 3. The van der Waals surface area contributed by atoms with Gasteiger partial charge in [0.15, 0.2) is 0 Å². The zero-order valence-electron chi connectivity index (χ0n) is 17.2. The minimum Gasteiger partial charge on any atom is -0.481 e. The summed E-state index contributed by atoms with van der Waals surface area (Å²) in [6, 6.07) is -5.06. The summed E-state index contributed by atoms with van der Waals surface area (Å²) in [5, 5.41) is 33.1. The SMILES string of the molecule is [N-]=[N+]=NCC(=O)NCCCCC(C(=O)O)N1C(=O)CC(=O)N([C@@H](CCC(=O)O)C(=O)O)C1=O.